The average Bonchev–Trinajstić information content (AvgIpc) is 3.48. The van der Waals surface area contributed by atoms with Crippen LogP contribution in [0.4, 0.5) is 5.00 Å². The monoisotopic (exact) mass is 473 g/mol. The van der Waals surface area contributed by atoms with Gasteiger partial charge in [-0.15, -0.1) is 16.4 Å². The number of aryl methyl sites for hydroxylation is 2. The maximum absolute atomic E-state index is 12.7. The van der Waals surface area contributed by atoms with Crippen LogP contribution in [0.2, 0.25) is 0 Å². The van der Waals surface area contributed by atoms with E-state index in [0.29, 0.717) is 27.2 Å². The van der Waals surface area contributed by atoms with Gasteiger partial charge < -0.3 is 14.8 Å². The standard InChI is InChI=1S/C21H23N5O4S2/c1-4-30-20(28)18-13-6-5-7-16(13)32-19(18)22-17(27)11-31-21-23-24-25-26(21)14-10-12(2)8-9-15(14)29-3/h8-10H,4-7,11H2,1-3H3,(H,22,27). The molecule has 1 amide bonds. The maximum Gasteiger partial charge on any atom is 0.341 e. The summed E-state index contributed by atoms with van der Waals surface area (Å²) in [6.45, 7) is 4.03. The number of ether oxygens (including phenoxy) is 2. The number of nitrogens with zero attached hydrogens (tertiary/aromatic N) is 4. The number of anilines is 1. The minimum absolute atomic E-state index is 0.0827. The van der Waals surface area contributed by atoms with Gasteiger partial charge in [0, 0.05) is 4.88 Å². The van der Waals surface area contributed by atoms with E-state index in [1.807, 2.05) is 25.1 Å². The molecule has 0 saturated carbocycles. The highest BCUT2D eigenvalue weighted by atomic mass is 32.2. The summed E-state index contributed by atoms with van der Waals surface area (Å²) in [7, 11) is 1.58. The fourth-order valence-electron chi connectivity index (χ4n) is 3.59. The average molecular weight is 474 g/mol. The van der Waals surface area contributed by atoms with Gasteiger partial charge in [-0.1, -0.05) is 17.8 Å². The van der Waals surface area contributed by atoms with Crippen molar-refractivity contribution >= 4 is 40.0 Å². The molecule has 1 aliphatic rings. The van der Waals surface area contributed by atoms with Gasteiger partial charge in [-0.3, -0.25) is 4.79 Å². The van der Waals surface area contributed by atoms with Crippen LogP contribution in [0.5, 0.6) is 5.75 Å². The third-order valence-electron chi connectivity index (χ3n) is 4.99. The van der Waals surface area contributed by atoms with E-state index in [0.717, 1.165) is 35.3 Å². The Labute approximate surface area is 193 Å². The second kappa shape index (κ2) is 9.70. The van der Waals surface area contributed by atoms with Gasteiger partial charge in [-0.25, -0.2) is 4.79 Å². The highest BCUT2D eigenvalue weighted by Crippen LogP contribution is 2.39. The lowest BCUT2D eigenvalue weighted by Crippen LogP contribution is -2.17. The minimum atomic E-state index is -0.384. The molecule has 0 atom stereocenters. The first-order valence-electron chi connectivity index (χ1n) is 10.2. The zero-order valence-corrected chi connectivity index (χ0v) is 19.6. The number of thiophene rings is 1. The van der Waals surface area contributed by atoms with Crippen molar-refractivity contribution in [3.8, 4) is 11.4 Å². The van der Waals surface area contributed by atoms with E-state index in [4.69, 9.17) is 9.47 Å². The van der Waals surface area contributed by atoms with Gasteiger partial charge in [0.05, 0.1) is 25.0 Å². The molecule has 0 aliphatic heterocycles. The van der Waals surface area contributed by atoms with E-state index in [9.17, 15) is 9.59 Å². The molecule has 2 heterocycles. The van der Waals surface area contributed by atoms with Crippen molar-refractivity contribution in [1.29, 1.82) is 0 Å². The molecule has 0 saturated heterocycles. The van der Waals surface area contributed by atoms with Gasteiger partial charge in [0.15, 0.2) is 0 Å². The summed E-state index contributed by atoms with van der Waals surface area (Å²) >= 11 is 2.66. The largest absolute Gasteiger partial charge is 0.494 e. The second-order valence-corrected chi connectivity index (χ2v) is 9.22. The van der Waals surface area contributed by atoms with Crippen LogP contribution in [0.3, 0.4) is 0 Å². The van der Waals surface area contributed by atoms with Gasteiger partial charge in [0.2, 0.25) is 11.1 Å². The van der Waals surface area contributed by atoms with Crippen LogP contribution in [0.1, 0.15) is 39.7 Å². The summed E-state index contributed by atoms with van der Waals surface area (Å²) in [6.07, 6.45) is 2.77. The van der Waals surface area contributed by atoms with E-state index in [-0.39, 0.29) is 24.2 Å². The van der Waals surface area contributed by atoms with Crippen molar-refractivity contribution < 1.29 is 19.1 Å². The predicted octanol–water partition coefficient (Wildman–Crippen LogP) is 3.44. The third-order valence-corrected chi connectivity index (χ3v) is 7.12. The number of fused-ring (bicyclic) bond motifs is 1. The molecule has 0 bridgehead atoms. The van der Waals surface area contributed by atoms with Crippen molar-refractivity contribution in [1.82, 2.24) is 20.2 Å². The first-order chi connectivity index (χ1) is 15.5. The number of nitrogens with one attached hydrogen (secondary N) is 1. The van der Waals surface area contributed by atoms with Gasteiger partial charge in [-0.2, -0.15) is 4.68 Å². The Bertz CT molecular complexity index is 1160. The summed E-state index contributed by atoms with van der Waals surface area (Å²) in [5, 5.41) is 15.8. The fraction of sp³-hybridized carbons (Fsp3) is 0.381. The molecule has 9 nitrogen and oxygen atoms in total. The number of hydrogen-bond donors (Lipinski definition) is 1. The molecule has 0 radical (unpaired) electrons. The van der Waals surface area contributed by atoms with E-state index in [1.165, 1.54) is 23.1 Å². The smallest absolute Gasteiger partial charge is 0.341 e. The predicted molar refractivity (Wildman–Crippen MR) is 122 cm³/mol. The normalized spacial score (nSPS) is 12.5. The van der Waals surface area contributed by atoms with Crippen molar-refractivity contribution in [2.75, 3.05) is 24.8 Å². The van der Waals surface area contributed by atoms with Crippen molar-refractivity contribution in [2.45, 2.75) is 38.3 Å². The lowest BCUT2D eigenvalue weighted by Gasteiger charge is -2.10. The highest BCUT2D eigenvalue weighted by Gasteiger charge is 2.28. The number of carbonyl (C=O) groups excluding carboxylic acids is 2. The molecule has 3 aromatic rings. The number of tetrazole rings is 1. The number of thioether (sulfide) groups is 1. The van der Waals surface area contributed by atoms with Crippen LogP contribution in [-0.4, -0.2) is 51.6 Å². The molecule has 1 N–H and O–H groups in total. The Morgan fingerprint density at radius 3 is 2.94 bits per heavy atom. The van der Waals surface area contributed by atoms with E-state index < -0.39 is 0 Å². The molecule has 0 spiro atoms. The molecule has 0 fully saturated rings. The third kappa shape index (κ3) is 4.49. The number of esters is 1. The Hall–Kier alpha value is -2.92. The molecule has 1 aromatic carbocycles. The van der Waals surface area contributed by atoms with Crippen molar-refractivity contribution in [3.63, 3.8) is 0 Å². The molecule has 11 heteroatoms. The van der Waals surface area contributed by atoms with Crippen molar-refractivity contribution in [3.05, 3.63) is 39.8 Å². The Morgan fingerprint density at radius 2 is 2.16 bits per heavy atom. The lowest BCUT2D eigenvalue weighted by molar-refractivity contribution is -0.113. The highest BCUT2D eigenvalue weighted by molar-refractivity contribution is 7.99. The first kappa shape index (κ1) is 22.3. The molecule has 1 aliphatic carbocycles. The molecule has 0 unspecified atom stereocenters. The second-order valence-electron chi connectivity index (χ2n) is 7.17. The SMILES string of the molecule is CCOC(=O)c1c(NC(=O)CSc2nnnn2-c2cc(C)ccc2OC)sc2c1CCC2. The number of carbonyl (C=O) groups is 2. The number of benzene rings is 1. The topological polar surface area (TPSA) is 108 Å². The van der Waals surface area contributed by atoms with Gasteiger partial charge in [0.1, 0.15) is 16.4 Å². The number of aromatic nitrogens is 4. The Balaban J connectivity index is 1.49. The zero-order chi connectivity index (χ0) is 22.7. The summed E-state index contributed by atoms with van der Waals surface area (Å²) in [5.41, 5.74) is 3.23. The molecule has 168 valence electrons. The van der Waals surface area contributed by atoms with E-state index in [1.54, 1.807) is 18.7 Å². The van der Waals surface area contributed by atoms with Gasteiger partial charge in [0.25, 0.3) is 0 Å². The molecular weight excluding hydrogens is 450 g/mol. The Morgan fingerprint density at radius 1 is 1.31 bits per heavy atom. The number of hydrogen-bond acceptors (Lipinski definition) is 9. The van der Waals surface area contributed by atoms with E-state index >= 15 is 0 Å². The molecular formula is C21H23N5O4S2. The number of amides is 1. The molecule has 2 aromatic heterocycles. The van der Waals surface area contributed by atoms with Crippen LogP contribution < -0.4 is 10.1 Å². The maximum atomic E-state index is 12.7. The van der Waals surface area contributed by atoms with Crippen LogP contribution >= 0.6 is 23.1 Å². The van der Waals surface area contributed by atoms with Gasteiger partial charge in [-0.05, 0) is 66.8 Å². The summed E-state index contributed by atoms with van der Waals surface area (Å²) in [5.74, 6) is 0.0808. The number of rotatable bonds is 8. The van der Waals surface area contributed by atoms with Crippen LogP contribution in [-0.2, 0) is 22.4 Å². The fourth-order valence-corrected chi connectivity index (χ4v) is 5.57. The first-order valence-corrected chi connectivity index (χ1v) is 12.0. The molecule has 32 heavy (non-hydrogen) atoms. The summed E-state index contributed by atoms with van der Waals surface area (Å²) in [4.78, 5) is 26.3. The zero-order valence-electron chi connectivity index (χ0n) is 18.0. The minimum Gasteiger partial charge on any atom is -0.494 e. The summed E-state index contributed by atoms with van der Waals surface area (Å²) in [6, 6.07) is 5.70. The molecule has 4 rings (SSSR count). The number of methoxy groups -OCH3 is 1. The van der Waals surface area contributed by atoms with Crippen LogP contribution in [0, 0.1) is 6.92 Å². The summed E-state index contributed by atoms with van der Waals surface area (Å²) < 4.78 is 12.2. The van der Waals surface area contributed by atoms with Crippen LogP contribution in [0.15, 0.2) is 23.4 Å². The van der Waals surface area contributed by atoms with Gasteiger partial charge >= 0.3 is 5.97 Å². The van der Waals surface area contributed by atoms with E-state index in [2.05, 4.69) is 20.8 Å². The van der Waals surface area contributed by atoms with Crippen LogP contribution in [0.25, 0.3) is 5.69 Å². The lowest BCUT2D eigenvalue weighted by atomic mass is 10.1. The quantitative estimate of drug-likeness (QED) is 0.392. The Kier molecular flexibility index (Phi) is 6.75. The van der Waals surface area contributed by atoms with Crippen molar-refractivity contribution in [2.24, 2.45) is 0 Å².